The average molecular weight is 370 g/mol. The van der Waals surface area contributed by atoms with Gasteiger partial charge in [-0.25, -0.2) is 13.8 Å². The monoisotopic (exact) mass is 370 g/mol. The highest BCUT2D eigenvalue weighted by Gasteiger charge is 2.55. The van der Waals surface area contributed by atoms with Gasteiger partial charge in [-0.3, -0.25) is 9.88 Å². The molecule has 1 saturated carbocycles. The number of aromatic nitrogens is 3. The quantitative estimate of drug-likeness (QED) is 0.693. The molecule has 3 heterocycles. The molecule has 5 rings (SSSR count). The fraction of sp³-hybridized carbons (Fsp3) is 0.400. The van der Waals surface area contributed by atoms with Gasteiger partial charge in [0.25, 0.3) is 0 Å². The molecule has 1 aliphatic heterocycles. The first-order valence-electron chi connectivity index (χ1n) is 9.15. The van der Waals surface area contributed by atoms with Crippen LogP contribution in [0.1, 0.15) is 5.82 Å². The van der Waals surface area contributed by atoms with E-state index in [2.05, 4.69) is 19.4 Å². The Bertz CT molecular complexity index is 993. The molecule has 140 valence electrons. The Kier molecular flexibility index (Phi) is 3.86. The molecule has 7 heteroatoms. The topological polar surface area (TPSA) is 43.2 Å². The van der Waals surface area contributed by atoms with Crippen LogP contribution in [0.25, 0.3) is 11.0 Å². The van der Waals surface area contributed by atoms with E-state index in [0.717, 1.165) is 54.7 Å². The molecule has 27 heavy (non-hydrogen) atoms. The molecule has 3 aromatic rings. The van der Waals surface area contributed by atoms with Gasteiger partial charge in [0, 0.05) is 38.3 Å². The molecule has 0 bridgehead atoms. The van der Waals surface area contributed by atoms with Crippen LogP contribution in [-0.2, 0) is 13.6 Å². The molecular formula is C20H20F2N4O. The summed E-state index contributed by atoms with van der Waals surface area (Å²) in [7, 11) is 2.03. The Hall–Kier alpha value is -2.54. The van der Waals surface area contributed by atoms with E-state index in [-0.39, 0.29) is 5.75 Å². The van der Waals surface area contributed by atoms with E-state index in [1.165, 1.54) is 0 Å². The summed E-state index contributed by atoms with van der Waals surface area (Å²) in [5.41, 5.74) is 2.01. The van der Waals surface area contributed by atoms with E-state index >= 15 is 0 Å². The van der Waals surface area contributed by atoms with Gasteiger partial charge >= 0.3 is 0 Å². The number of fused-ring (bicyclic) bond motifs is 2. The van der Waals surface area contributed by atoms with Crippen molar-refractivity contribution in [2.75, 3.05) is 19.7 Å². The molecule has 1 saturated heterocycles. The van der Waals surface area contributed by atoms with Crippen LogP contribution < -0.4 is 4.74 Å². The molecule has 0 spiro atoms. The van der Waals surface area contributed by atoms with Gasteiger partial charge in [0.2, 0.25) is 0 Å². The number of likely N-dealkylation sites (tertiary alicyclic amines) is 1. The van der Waals surface area contributed by atoms with Crippen molar-refractivity contribution in [1.82, 2.24) is 19.4 Å². The maximum absolute atomic E-state index is 13.6. The number of benzene rings is 1. The number of hydrogen-bond acceptors (Lipinski definition) is 4. The minimum Gasteiger partial charge on any atom is -0.490 e. The van der Waals surface area contributed by atoms with Gasteiger partial charge in [-0.1, -0.05) is 0 Å². The number of imidazole rings is 1. The van der Waals surface area contributed by atoms with Crippen LogP contribution in [0.4, 0.5) is 8.78 Å². The number of pyridine rings is 1. The summed E-state index contributed by atoms with van der Waals surface area (Å²) in [5.74, 6) is 1.61. The molecule has 0 N–H and O–H groups in total. The van der Waals surface area contributed by atoms with E-state index in [0.29, 0.717) is 24.4 Å². The second kappa shape index (κ2) is 6.27. The second-order valence-corrected chi connectivity index (χ2v) is 7.52. The van der Waals surface area contributed by atoms with E-state index in [4.69, 9.17) is 4.74 Å². The molecule has 5 nitrogen and oxygen atoms in total. The smallest absolute Gasteiger partial charge is 0.165 e. The van der Waals surface area contributed by atoms with E-state index in [9.17, 15) is 8.78 Å². The van der Waals surface area contributed by atoms with E-state index in [1.54, 1.807) is 12.4 Å². The third-order valence-corrected chi connectivity index (χ3v) is 5.91. The highest BCUT2D eigenvalue weighted by molar-refractivity contribution is 5.74. The normalized spacial score (nSPS) is 24.3. The third-order valence-electron chi connectivity index (χ3n) is 5.91. The van der Waals surface area contributed by atoms with E-state index in [1.807, 2.05) is 13.1 Å². The van der Waals surface area contributed by atoms with Crippen LogP contribution in [0.3, 0.4) is 0 Å². The molecule has 1 aliphatic carbocycles. The van der Waals surface area contributed by atoms with Crippen LogP contribution in [-0.4, -0.2) is 39.1 Å². The SMILES string of the molecule is Cn1c(CN2C[C@@H]3C(COc4cc(F)ccc4F)[C@@H]3C2)nc2cnccc21. The van der Waals surface area contributed by atoms with Gasteiger partial charge in [-0.05, 0) is 30.0 Å². The van der Waals surface area contributed by atoms with Crippen LogP contribution in [0.5, 0.6) is 5.75 Å². The molecular weight excluding hydrogens is 350 g/mol. The summed E-state index contributed by atoms with van der Waals surface area (Å²) in [6.45, 7) is 3.24. The standard InChI is InChI=1S/C20H20F2N4O/c1-25-18-4-5-23-7-17(18)24-20(25)10-26-8-13-14(9-26)15(13)11-27-19-6-12(21)2-3-16(19)22/h2-7,13-15H,8-11H2,1H3/t13-,14+,15?. The number of ether oxygens (including phenoxy) is 1. The van der Waals surface area contributed by atoms with Gasteiger partial charge in [0.15, 0.2) is 11.6 Å². The number of rotatable bonds is 5. The second-order valence-electron chi connectivity index (χ2n) is 7.52. The van der Waals surface area contributed by atoms with Crippen molar-refractivity contribution in [2.45, 2.75) is 6.54 Å². The zero-order valence-electron chi connectivity index (χ0n) is 15.0. The molecule has 0 amide bonds. The lowest BCUT2D eigenvalue weighted by Crippen LogP contribution is -2.26. The maximum atomic E-state index is 13.6. The molecule has 2 aliphatic rings. The number of halogens is 2. The van der Waals surface area contributed by atoms with Crippen molar-refractivity contribution >= 4 is 11.0 Å². The van der Waals surface area contributed by atoms with Crippen molar-refractivity contribution < 1.29 is 13.5 Å². The summed E-state index contributed by atoms with van der Waals surface area (Å²) in [4.78, 5) is 11.2. The number of piperidine rings is 1. The zero-order valence-corrected chi connectivity index (χ0v) is 15.0. The Morgan fingerprint density at radius 3 is 2.78 bits per heavy atom. The first-order chi connectivity index (χ1) is 13.1. The zero-order chi connectivity index (χ0) is 18.5. The summed E-state index contributed by atoms with van der Waals surface area (Å²) in [5, 5.41) is 0. The van der Waals surface area contributed by atoms with Crippen molar-refractivity contribution in [3.05, 3.63) is 54.1 Å². The van der Waals surface area contributed by atoms with Crippen molar-refractivity contribution in [3.63, 3.8) is 0 Å². The Balaban J connectivity index is 1.17. The predicted molar refractivity (Wildman–Crippen MR) is 96.1 cm³/mol. The lowest BCUT2D eigenvalue weighted by Gasteiger charge is -2.19. The van der Waals surface area contributed by atoms with Crippen LogP contribution in [0, 0.1) is 29.4 Å². The van der Waals surface area contributed by atoms with E-state index < -0.39 is 11.6 Å². The maximum Gasteiger partial charge on any atom is 0.165 e. The van der Waals surface area contributed by atoms with Crippen molar-refractivity contribution in [1.29, 1.82) is 0 Å². The number of hydrogen-bond donors (Lipinski definition) is 0. The Morgan fingerprint density at radius 1 is 1.19 bits per heavy atom. The predicted octanol–water partition coefficient (Wildman–Crippen LogP) is 3.00. The fourth-order valence-corrected chi connectivity index (χ4v) is 4.33. The first-order valence-corrected chi connectivity index (χ1v) is 9.15. The van der Waals surface area contributed by atoms with Crippen LogP contribution in [0.15, 0.2) is 36.7 Å². The minimum atomic E-state index is -0.514. The lowest BCUT2D eigenvalue weighted by molar-refractivity contribution is 0.221. The third kappa shape index (κ3) is 2.96. The first kappa shape index (κ1) is 16.6. The molecule has 0 radical (unpaired) electrons. The number of aryl methyl sites for hydroxylation is 1. The van der Waals surface area contributed by atoms with Gasteiger partial charge in [0.1, 0.15) is 17.2 Å². The van der Waals surface area contributed by atoms with Crippen molar-refractivity contribution in [2.24, 2.45) is 24.8 Å². The molecule has 2 aromatic heterocycles. The summed E-state index contributed by atoms with van der Waals surface area (Å²) < 4.78 is 34.5. The van der Waals surface area contributed by atoms with Crippen LogP contribution >= 0.6 is 0 Å². The highest BCUT2D eigenvalue weighted by Crippen LogP contribution is 2.52. The van der Waals surface area contributed by atoms with Gasteiger partial charge in [-0.15, -0.1) is 0 Å². The molecule has 2 fully saturated rings. The minimum absolute atomic E-state index is 0.00476. The molecule has 1 unspecified atom stereocenters. The average Bonchev–Trinajstić information content (AvgIpc) is 2.98. The number of nitrogens with zero attached hydrogens (tertiary/aromatic N) is 4. The molecule has 3 atom stereocenters. The summed E-state index contributed by atoms with van der Waals surface area (Å²) in [6, 6.07) is 5.29. The Morgan fingerprint density at radius 2 is 2.00 bits per heavy atom. The largest absolute Gasteiger partial charge is 0.490 e. The lowest BCUT2D eigenvalue weighted by atomic mass is 10.2. The Labute approximate surface area is 155 Å². The summed E-state index contributed by atoms with van der Waals surface area (Å²) >= 11 is 0. The fourth-order valence-electron chi connectivity index (χ4n) is 4.33. The van der Waals surface area contributed by atoms with Gasteiger partial charge in [-0.2, -0.15) is 0 Å². The van der Waals surface area contributed by atoms with Crippen molar-refractivity contribution in [3.8, 4) is 5.75 Å². The highest BCUT2D eigenvalue weighted by atomic mass is 19.1. The molecule has 1 aromatic carbocycles. The van der Waals surface area contributed by atoms with Gasteiger partial charge in [0.05, 0.1) is 24.9 Å². The van der Waals surface area contributed by atoms with Crippen LogP contribution in [0.2, 0.25) is 0 Å². The van der Waals surface area contributed by atoms with Gasteiger partial charge < -0.3 is 9.30 Å². The summed E-state index contributed by atoms with van der Waals surface area (Å²) in [6.07, 6.45) is 3.57.